The smallest absolute Gasteiger partial charge is 0.329 e. The van der Waals surface area contributed by atoms with E-state index in [1.54, 1.807) is 6.08 Å². The standard InChI is InChI=1S/C15H13N3O4/c1-8-10(9-4-2-3-5-11(9)16-8)6-12-14(21)18(7-13(19)20)15(22)17-12/h2-6,21H,7H2,1H3,(H,17,22)(H,19,20). The van der Waals surface area contributed by atoms with Gasteiger partial charge in [-0.05, 0) is 19.1 Å². The second-order valence-corrected chi connectivity index (χ2v) is 4.92. The van der Waals surface area contributed by atoms with Crippen molar-refractivity contribution in [1.82, 2.24) is 9.55 Å². The van der Waals surface area contributed by atoms with E-state index in [0.29, 0.717) is 0 Å². The van der Waals surface area contributed by atoms with Crippen LogP contribution in [-0.2, 0) is 11.3 Å². The molecule has 0 aliphatic carbocycles. The van der Waals surface area contributed by atoms with Gasteiger partial charge in [0.25, 0.3) is 0 Å². The van der Waals surface area contributed by atoms with Crippen LogP contribution in [0.4, 0.5) is 5.69 Å². The zero-order valence-corrected chi connectivity index (χ0v) is 11.7. The van der Waals surface area contributed by atoms with Crippen molar-refractivity contribution in [2.45, 2.75) is 13.5 Å². The number of aromatic hydroxyl groups is 1. The van der Waals surface area contributed by atoms with E-state index in [4.69, 9.17) is 5.11 Å². The van der Waals surface area contributed by atoms with Crippen molar-refractivity contribution in [3.05, 3.63) is 46.0 Å². The number of carboxylic acid groups (broad SMARTS) is 1. The van der Waals surface area contributed by atoms with E-state index in [9.17, 15) is 14.7 Å². The van der Waals surface area contributed by atoms with Gasteiger partial charge >= 0.3 is 11.7 Å². The molecule has 2 heterocycles. The zero-order chi connectivity index (χ0) is 15.9. The predicted octanol–water partition coefficient (Wildman–Crippen LogP) is 1.61. The van der Waals surface area contributed by atoms with Gasteiger partial charge in [-0.1, -0.05) is 18.2 Å². The van der Waals surface area contributed by atoms with Crippen LogP contribution in [0.25, 0.3) is 11.6 Å². The van der Waals surface area contributed by atoms with Gasteiger partial charge < -0.3 is 15.2 Å². The highest BCUT2D eigenvalue weighted by molar-refractivity contribution is 6.31. The molecule has 3 rings (SSSR count). The first kappa shape index (κ1) is 13.9. The molecule has 0 radical (unpaired) electrons. The Labute approximate surface area is 124 Å². The Balaban J connectivity index is 2.09. The molecular formula is C15H13N3O4. The number of aliphatic imine (C=N–C) groups is 1. The average molecular weight is 299 g/mol. The molecule has 0 bridgehead atoms. The normalized spacial score (nSPS) is 15.0. The Morgan fingerprint density at radius 3 is 2.86 bits per heavy atom. The molecule has 0 amide bonds. The quantitative estimate of drug-likeness (QED) is 0.800. The lowest BCUT2D eigenvalue weighted by Gasteiger charge is -2.01. The highest BCUT2D eigenvalue weighted by Crippen LogP contribution is 2.36. The molecule has 1 aromatic carbocycles. The molecule has 0 unspecified atom stereocenters. The van der Waals surface area contributed by atoms with Gasteiger partial charge in [-0.15, -0.1) is 0 Å². The summed E-state index contributed by atoms with van der Waals surface area (Å²) < 4.78 is 0.766. The van der Waals surface area contributed by atoms with Crippen molar-refractivity contribution < 1.29 is 15.0 Å². The second-order valence-electron chi connectivity index (χ2n) is 4.92. The van der Waals surface area contributed by atoms with E-state index in [2.05, 4.69) is 9.98 Å². The Kier molecular flexibility index (Phi) is 3.17. The lowest BCUT2D eigenvalue weighted by molar-refractivity contribution is -0.137. The number of hydrogen-bond acceptors (Lipinski definition) is 4. The zero-order valence-electron chi connectivity index (χ0n) is 11.7. The van der Waals surface area contributed by atoms with Crippen LogP contribution < -0.4 is 5.69 Å². The number of hydrogen-bond donors (Lipinski definition) is 3. The van der Waals surface area contributed by atoms with Crippen LogP contribution in [0.2, 0.25) is 0 Å². The third-order valence-corrected chi connectivity index (χ3v) is 3.44. The number of nitrogens with one attached hydrogen (secondary N) is 1. The van der Waals surface area contributed by atoms with Gasteiger partial charge in [-0.2, -0.15) is 0 Å². The second kappa shape index (κ2) is 5.03. The van der Waals surface area contributed by atoms with E-state index >= 15 is 0 Å². The number of carboxylic acids is 1. The number of para-hydroxylation sites is 1. The lowest BCUT2D eigenvalue weighted by atomic mass is 10.0. The summed E-state index contributed by atoms with van der Waals surface area (Å²) >= 11 is 0. The molecule has 0 saturated carbocycles. The number of fused-ring (bicyclic) bond motifs is 1. The number of carbonyl (C=O) groups is 1. The maximum Gasteiger partial charge on any atom is 0.329 e. The molecule has 112 valence electrons. The monoisotopic (exact) mass is 299 g/mol. The van der Waals surface area contributed by atoms with Crippen LogP contribution >= 0.6 is 0 Å². The maximum absolute atomic E-state index is 11.7. The first-order valence-corrected chi connectivity index (χ1v) is 6.57. The summed E-state index contributed by atoms with van der Waals surface area (Å²) in [4.78, 5) is 29.3. The van der Waals surface area contributed by atoms with Gasteiger partial charge in [0.05, 0.1) is 5.69 Å². The van der Waals surface area contributed by atoms with Crippen molar-refractivity contribution in [2.75, 3.05) is 0 Å². The molecule has 2 aromatic rings. The fourth-order valence-corrected chi connectivity index (χ4v) is 2.42. The summed E-state index contributed by atoms with van der Waals surface area (Å²) in [6.07, 6.45) is 1.60. The highest BCUT2D eigenvalue weighted by atomic mass is 16.4. The fourth-order valence-electron chi connectivity index (χ4n) is 2.42. The molecule has 7 nitrogen and oxygen atoms in total. The van der Waals surface area contributed by atoms with Gasteiger partial charge in [0.2, 0.25) is 5.88 Å². The van der Waals surface area contributed by atoms with Gasteiger partial charge in [-0.3, -0.25) is 14.4 Å². The molecule has 22 heavy (non-hydrogen) atoms. The van der Waals surface area contributed by atoms with E-state index in [-0.39, 0.29) is 5.69 Å². The Hall–Kier alpha value is -3.09. The van der Waals surface area contributed by atoms with Gasteiger partial charge in [0.15, 0.2) is 0 Å². The number of nitrogens with zero attached hydrogens (tertiary/aromatic N) is 2. The third kappa shape index (κ3) is 2.22. The van der Waals surface area contributed by atoms with Gasteiger partial charge in [-0.25, -0.2) is 4.79 Å². The first-order valence-electron chi connectivity index (χ1n) is 6.57. The van der Waals surface area contributed by atoms with Crippen molar-refractivity contribution in [2.24, 2.45) is 4.99 Å². The molecule has 0 saturated heterocycles. The van der Waals surface area contributed by atoms with E-state index < -0.39 is 24.1 Å². The summed E-state index contributed by atoms with van der Waals surface area (Å²) in [6, 6.07) is 7.52. The summed E-state index contributed by atoms with van der Waals surface area (Å²) in [5.41, 5.74) is 2.73. The minimum atomic E-state index is -1.21. The summed E-state index contributed by atoms with van der Waals surface area (Å²) in [5, 5.41) is 18.8. The SMILES string of the molecule is CC1=Nc2ccccc2C1=Cc1[nH]c(=O)n(CC(=O)O)c1O. The van der Waals surface area contributed by atoms with Crippen LogP contribution in [0.15, 0.2) is 34.1 Å². The van der Waals surface area contributed by atoms with Gasteiger partial charge in [0.1, 0.15) is 12.2 Å². The minimum absolute atomic E-state index is 0.160. The van der Waals surface area contributed by atoms with Crippen LogP contribution in [0, 0.1) is 0 Å². The average Bonchev–Trinajstić information content (AvgIpc) is 2.91. The molecule has 1 aliphatic rings. The van der Waals surface area contributed by atoms with E-state index in [1.165, 1.54) is 0 Å². The number of H-pyrrole nitrogens is 1. The van der Waals surface area contributed by atoms with Crippen LogP contribution in [0.5, 0.6) is 5.88 Å². The topological polar surface area (TPSA) is 108 Å². The number of imidazole rings is 1. The van der Waals surface area contributed by atoms with Crippen LogP contribution in [0.3, 0.4) is 0 Å². The predicted molar refractivity (Wildman–Crippen MR) is 81.4 cm³/mol. The number of benzene rings is 1. The van der Waals surface area contributed by atoms with Crippen molar-refractivity contribution in [3.63, 3.8) is 0 Å². The van der Waals surface area contributed by atoms with Crippen LogP contribution in [0.1, 0.15) is 18.2 Å². The Morgan fingerprint density at radius 1 is 1.41 bits per heavy atom. The summed E-state index contributed by atoms with van der Waals surface area (Å²) in [5.74, 6) is -1.61. The van der Waals surface area contributed by atoms with Crippen molar-refractivity contribution in [1.29, 1.82) is 0 Å². The van der Waals surface area contributed by atoms with Crippen molar-refractivity contribution >= 4 is 29.0 Å². The largest absolute Gasteiger partial charge is 0.493 e. The third-order valence-electron chi connectivity index (χ3n) is 3.44. The summed E-state index contributed by atoms with van der Waals surface area (Å²) in [6.45, 7) is 1.23. The number of rotatable bonds is 3. The molecule has 7 heteroatoms. The highest BCUT2D eigenvalue weighted by Gasteiger charge is 2.20. The molecular weight excluding hydrogens is 286 g/mol. The fraction of sp³-hybridized carbons (Fsp3) is 0.133. The Morgan fingerprint density at radius 2 is 2.14 bits per heavy atom. The molecule has 0 fully saturated rings. The minimum Gasteiger partial charge on any atom is -0.493 e. The Bertz CT molecular complexity index is 886. The number of aromatic amines is 1. The maximum atomic E-state index is 11.7. The molecule has 1 aromatic heterocycles. The summed E-state index contributed by atoms with van der Waals surface area (Å²) in [7, 11) is 0. The number of aliphatic carboxylic acids is 1. The van der Waals surface area contributed by atoms with Gasteiger partial charge in [0, 0.05) is 16.8 Å². The van der Waals surface area contributed by atoms with E-state index in [1.807, 2.05) is 31.2 Å². The molecule has 0 spiro atoms. The molecule has 0 atom stereocenters. The number of aromatic nitrogens is 2. The van der Waals surface area contributed by atoms with Crippen molar-refractivity contribution in [3.8, 4) is 5.88 Å². The molecule has 3 N–H and O–H groups in total. The van der Waals surface area contributed by atoms with E-state index in [0.717, 1.165) is 27.1 Å². The van der Waals surface area contributed by atoms with Crippen LogP contribution in [-0.4, -0.2) is 31.4 Å². The number of allylic oxidation sites excluding steroid dienone is 1. The lowest BCUT2D eigenvalue weighted by Crippen LogP contribution is -2.21. The first-order chi connectivity index (χ1) is 10.5. The molecule has 1 aliphatic heterocycles.